The summed E-state index contributed by atoms with van der Waals surface area (Å²) in [5.41, 5.74) is 0.0352. The normalized spacial score (nSPS) is 9.90. The van der Waals surface area contributed by atoms with Crippen LogP contribution in [0.5, 0.6) is 17.2 Å². The minimum Gasteiger partial charge on any atom is -0.545 e. The number of benzene rings is 1. The Hall–Kier alpha value is -2.15. The van der Waals surface area contributed by atoms with Gasteiger partial charge in [-0.15, -0.1) is 11.6 Å². The molecule has 0 spiro atoms. The Morgan fingerprint density at radius 2 is 1.81 bits per heavy atom. The van der Waals surface area contributed by atoms with Gasteiger partial charge in [-0.2, -0.15) is 0 Å². The molecule has 0 unspecified atom stereocenters. The summed E-state index contributed by atoms with van der Waals surface area (Å²) in [7, 11) is 4.11. The first kappa shape index (κ1) is 16.9. The summed E-state index contributed by atoms with van der Waals surface area (Å²) in [6.45, 7) is -0.0988. The first-order chi connectivity index (χ1) is 9.99. The molecule has 1 aromatic rings. The molecule has 8 heteroatoms. The Balaban J connectivity index is 3.41. The van der Waals surface area contributed by atoms with Crippen LogP contribution in [0, 0.1) is 0 Å². The Kier molecular flexibility index (Phi) is 6.10. The van der Waals surface area contributed by atoms with Crippen LogP contribution in [0.25, 0.3) is 0 Å². The first-order valence-corrected chi connectivity index (χ1v) is 6.39. The molecule has 7 nitrogen and oxygen atoms in total. The largest absolute Gasteiger partial charge is 0.545 e. The second kappa shape index (κ2) is 7.58. The number of carboxylic acids is 1. The molecule has 1 aromatic carbocycles. The van der Waals surface area contributed by atoms with Gasteiger partial charge in [0, 0.05) is 17.7 Å². The van der Waals surface area contributed by atoms with E-state index < -0.39 is 11.9 Å². The monoisotopic (exact) mass is 316 g/mol. The van der Waals surface area contributed by atoms with E-state index in [1.54, 1.807) is 0 Å². The highest BCUT2D eigenvalue weighted by molar-refractivity contribution is 6.27. The van der Waals surface area contributed by atoms with Crippen molar-refractivity contribution in [2.45, 2.75) is 6.54 Å². The van der Waals surface area contributed by atoms with Gasteiger partial charge < -0.3 is 29.4 Å². The van der Waals surface area contributed by atoms with E-state index in [1.165, 1.54) is 27.4 Å². The summed E-state index contributed by atoms with van der Waals surface area (Å²) >= 11 is 5.38. The predicted octanol–water partition coefficient (Wildman–Crippen LogP) is -0.0691. The van der Waals surface area contributed by atoms with Gasteiger partial charge in [-0.1, -0.05) is 0 Å². The average Bonchev–Trinajstić information content (AvgIpc) is 2.50. The van der Waals surface area contributed by atoms with Crippen LogP contribution < -0.4 is 24.6 Å². The molecule has 0 bridgehead atoms. The van der Waals surface area contributed by atoms with Crippen molar-refractivity contribution >= 4 is 23.5 Å². The van der Waals surface area contributed by atoms with Crippen molar-refractivity contribution in [1.29, 1.82) is 0 Å². The molecule has 0 saturated heterocycles. The highest BCUT2D eigenvalue weighted by Gasteiger charge is 2.21. The zero-order valence-electron chi connectivity index (χ0n) is 11.8. The molecule has 0 aliphatic carbocycles. The predicted molar refractivity (Wildman–Crippen MR) is 73.0 cm³/mol. The zero-order chi connectivity index (χ0) is 16.0. The summed E-state index contributed by atoms with van der Waals surface area (Å²) < 4.78 is 15.4. The van der Waals surface area contributed by atoms with Gasteiger partial charge in [0.2, 0.25) is 11.7 Å². The van der Waals surface area contributed by atoms with Crippen molar-refractivity contribution in [1.82, 2.24) is 5.32 Å². The van der Waals surface area contributed by atoms with Crippen molar-refractivity contribution in [2.24, 2.45) is 0 Å². The second-order valence-electron chi connectivity index (χ2n) is 3.87. The fourth-order valence-electron chi connectivity index (χ4n) is 1.81. The average molecular weight is 317 g/mol. The maximum atomic E-state index is 11.3. The molecule has 1 rings (SSSR count). The van der Waals surface area contributed by atoms with Gasteiger partial charge in [0.15, 0.2) is 11.5 Å². The van der Waals surface area contributed by atoms with Crippen molar-refractivity contribution < 1.29 is 28.9 Å². The highest BCUT2D eigenvalue weighted by atomic mass is 35.5. The molecule has 0 aliphatic heterocycles. The van der Waals surface area contributed by atoms with E-state index in [2.05, 4.69) is 5.32 Å². The highest BCUT2D eigenvalue weighted by Crippen LogP contribution is 2.41. The van der Waals surface area contributed by atoms with E-state index in [1.807, 2.05) is 0 Å². The standard InChI is InChI=1S/C13H16ClNO6/c1-19-9-4-7(13(17)18)8(6-15-10(16)5-14)11(20-2)12(9)21-3/h4H,5-6H2,1-3H3,(H,15,16)(H,17,18)/p-1. The first-order valence-electron chi connectivity index (χ1n) is 5.85. The summed E-state index contributed by atoms with van der Waals surface area (Å²) in [5, 5.41) is 13.7. The van der Waals surface area contributed by atoms with Crippen LogP contribution in [0.1, 0.15) is 15.9 Å². The van der Waals surface area contributed by atoms with Crippen LogP contribution in [-0.4, -0.2) is 39.1 Å². The number of aromatic carboxylic acids is 1. The molecule has 0 radical (unpaired) electrons. The van der Waals surface area contributed by atoms with Crippen molar-refractivity contribution in [2.75, 3.05) is 27.2 Å². The molecule has 1 amide bonds. The van der Waals surface area contributed by atoms with Crippen LogP contribution in [0.2, 0.25) is 0 Å². The van der Waals surface area contributed by atoms with Gasteiger partial charge in [0.05, 0.1) is 27.3 Å². The number of alkyl halides is 1. The lowest BCUT2D eigenvalue weighted by atomic mass is 10.0. The molecule has 0 atom stereocenters. The van der Waals surface area contributed by atoms with Gasteiger partial charge in [-0.05, 0) is 6.07 Å². The quantitative estimate of drug-likeness (QED) is 0.707. The Labute approximate surface area is 126 Å². The van der Waals surface area contributed by atoms with E-state index in [-0.39, 0.29) is 40.8 Å². The molecular formula is C13H15ClNO6-. The lowest BCUT2D eigenvalue weighted by Gasteiger charge is -2.20. The topological polar surface area (TPSA) is 96.9 Å². The fraction of sp³-hybridized carbons (Fsp3) is 0.385. The van der Waals surface area contributed by atoms with Crippen LogP contribution in [0.15, 0.2) is 6.07 Å². The summed E-state index contributed by atoms with van der Waals surface area (Å²) in [5.74, 6) is -1.56. The van der Waals surface area contributed by atoms with E-state index in [0.29, 0.717) is 0 Å². The Morgan fingerprint density at radius 3 is 2.24 bits per heavy atom. The van der Waals surface area contributed by atoms with Crippen LogP contribution in [0.4, 0.5) is 0 Å². The van der Waals surface area contributed by atoms with Crippen LogP contribution >= 0.6 is 11.6 Å². The SMILES string of the molecule is COc1cc(C(=O)[O-])c(CNC(=O)CCl)c(OC)c1OC. The molecule has 1 N–H and O–H groups in total. The third kappa shape index (κ3) is 3.69. The molecule has 116 valence electrons. The third-order valence-electron chi connectivity index (χ3n) is 2.74. The van der Waals surface area contributed by atoms with Crippen LogP contribution in [0.3, 0.4) is 0 Å². The molecular weight excluding hydrogens is 302 g/mol. The number of nitrogens with one attached hydrogen (secondary N) is 1. The minimum atomic E-state index is -1.43. The number of amides is 1. The number of hydrogen-bond acceptors (Lipinski definition) is 6. The Bertz CT molecular complexity index is 546. The van der Waals surface area contributed by atoms with E-state index in [0.717, 1.165) is 0 Å². The maximum Gasteiger partial charge on any atom is 0.235 e. The van der Waals surface area contributed by atoms with Crippen molar-refractivity contribution in [3.05, 3.63) is 17.2 Å². The lowest BCUT2D eigenvalue weighted by molar-refractivity contribution is -0.255. The number of carbonyl (C=O) groups excluding carboxylic acids is 2. The molecule has 0 aromatic heterocycles. The van der Waals surface area contributed by atoms with Crippen molar-refractivity contribution in [3.63, 3.8) is 0 Å². The van der Waals surface area contributed by atoms with E-state index >= 15 is 0 Å². The summed E-state index contributed by atoms with van der Waals surface area (Å²) in [6.07, 6.45) is 0. The number of rotatable bonds is 7. The van der Waals surface area contributed by atoms with Gasteiger partial charge in [-0.3, -0.25) is 4.79 Å². The summed E-state index contributed by atoms with van der Waals surface area (Å²) in [6, 6.07) is 1.25. The van der Waals surface area contributed by atoms with Crippen LogP contribution in [-0.2, 0) is 11.3 Å². The van der Waals surface area contributed by atoms with E-state index in [9.17, 15) is 14.7 Å². The Morgan fingerprint density at radius 1 is 1.19 bits per heavy atom. The molecule has 0 fully saturated rings. The van der Waals surface area contributed by atoms with Crippen molar-refractivity contribution in [3.8, 4) is 17.2 Å². The maximum absolute atomic E-state index is 11.3. The fourth-order valence-corrected chi connectivity index (χ4v) is 1.90. The molecule has 21 heavy (non-hydrogen) atoms. The summed E-state index contributed by atoms with van der Waals surface area (Å²) in [4.78, 5) is 22.5. The van der Waals surface area contributed by atoms with E-state index in [4.69, 9.17) is 25.8 Å². The van der Waals surface area contributed by atoms with Gasteiger partial charge in [0.1, 0.15) is 5.88 Å². The molecule has 0 heterocycles. The number of halogens is 1. The minimum absolute atomic E-state index is 0.0988. The number of carboxylic acid groups (broad SMARTS) is 1. The zero-order valence-corrected chi connectivity index (χ0v) is 12.6. The lowest BCUT2D eigenvalue weighted by Crippen LogP contribution is -2.29. The van der Waals surface area contributed by atoms with Gasteiger partial charge in [-0.25, -0.2) is 0 Å². The number of hydrogen-bond donors (Lipinski definition) is 1. The smallest absolute Gasteiger partial charge is 0.235 e. The number of methoxy groups -OCH3 is 3. The van der Waals surface area contributed by atoms with Gasteiger partial charge in [0.25, 0.3) is 0 Å². The number of carbonyl (C=O) groups is 2. The molecule has 0 aliphatic rings. The third-order valence-corrected chi connectivity index (χ3v) is 2.98. The van der Waals surface area contributed by atoms with Gasteiger partial charge >= 0.3 is 0 Å². The molecule has 0 saturated carbocycles. The second-order valence-corrected chi connectivity index (χ2v) is 4.14. The number of ether oxygens (including phenoxy) is 3.